The molecule has 0 bridgehead atoms. The summed E-state index contributed by atoms with van der Waals surface area (Å²) in [4.78, 5) is 17.3. The van der Waals surface area contributed by atoms with E-state index in [1.165, 1.54) is 5.56 Å². The lowest BCUT2D eigenvalue weighted by atomic mass is 10.0. The van der Waals surface area contributed by atoms with E-state index in [9.17, 15) is 4.79 Å². The van der Waals surface area contributed by atoms with Gasteiger partial charge in [0.25, 0.3) is 5.91 Å². The van der Waals surface area contributed by atoms with Crippen LogP contribution in [-0.4, -0.2) is 49.0 Å². The summed E-state index contributed by atoms with van der Waals surface area (Å²) in [6.07, 6.45) is 0. The molecule has 0 spiro atoms. The van der Waals surface area contributed by atoms with Gasteiger partial charge in [-0.05, 0) is 43.8 Å². The molecule has 1 heterocycles. The van der Waals surface area contributed by atoms with Gasteiger partial charge in [-0.2, -0.15) is 0 Å². The highest BCUT2D eigenvalue weighted by Crippen LogP contribution is 2.27. The van der Waals surface area contributed by atoms with Crippen molar-refractivity contribution < 1.29 is 9.53 Å². The van der Waals surface area contributed by atoms with E-state index in [0.29, 0.717) is 12.2 Å². The van der Waals surface area contributed by atoms with Gasteiger partial charge in [-0.1, -0.05) is 30.3 Å². The third kappa shape index (κ3) is 3.60. The lowest BCUT2D eigenvalue weighted by Crippen LogP contribution is -2.49. The second-order valence-electron chi connectivity index (χ2n) is 6.14. The zero-order chi connectivity index (χ0) is 16.9. The molecular weight excluding hydrogens is 300 g/mol. The lowest BCUT2D eigenvalue weighted by molar-refractivity contribution is 0.0498. The first-order valence-electron chi connectivity index (χ1n) is 8.46. The Labute approximate surface area is 143 Å². The quantitative estimate of drug-likeness (QED) is 0.866. The molecule has 2 aromatic rings. The van der Waals surface area contributed by atoms with Crippen molar-refractivity contribution in [3.63, 3.8) is 0 Å². The summed E-state index contributed by atoms with van der Waals surface area (Å²) in [6, 6.07) is 17.8. The van der Waals surface area contributed by atoms with Crippen LogP contribution in [0.1, 0.15) is 28.9 Å². The monoisotopic (exact) mass is 324 g/mol. The molecule has 0 aliphatic carbocycles. The molecule has 1 saturated heterocycles. The van der Waals surface area contributed by atoms with Crippen molar-refractivity contribution in [3.05, 3.63) is 65.7 Å². The number of ether oxygens (including phenoxy) is 1. The maximum Gasteiger partial charge on any atom is 0.254 e. The summed E-state index contributed by atoms with van der Waals surface area (Å²) in [6.45, 7) is 5.07. The number of amides is 1. The Hall–Kier alpha value is -2.33. The topological polar surface area (TPSA) is 32.8 Å². The third-order valence-electron chi connectivity index (χ3n) is 4.44. The number of carbonyl (C=O) groups is 1. The summed E-state index contributed by atoms with van der Waals surface area (Å²) >= 11 is 0. The van der Waals surface area contributed by atoms with Crippen molar-refractivity contribution in [3.8, 4) is 5.75 Å². The van der Waals surface area contributed by atoms with Crippen molar-refractivity contribution in [2.24, 2.45) is 0 Å². The van der Waals surface area contributed by atoms with Crippen molar-refractivity contribution in [2.45, 2.75) is 13.0 Å². The summed E-state index contributed by atoms with van der Waals surface area (Å²) in [5, 5.41) is 0. The average Bonchev–Trinajstić information content (AvgIpc) is 2.63. The fourth-order valence-electron chi connectivity index (χ4n) is 3.15. The largest absolute Gasteiger partial charge is 0.494 e. The van der Waals surface area contributed by atoms with E-state index in [2.05, 4.69) is 24.1 Å². The fraction of sp³-hybridized carbons (Fsp3) is 0.350. The van der Waals surface area contributed by atoms with Crippen LogP contribution in [0.2, 0.25) is 0 Å². The first-order valence-corrected chi connectivity index (χ1v) is 8.46. The van der Waals surface area contributed by atoms with E-state index < -0.39 is 0 Å². The molecule has 1 unspecified atom stereocenters. The molecule has 1 aliphatic rings. The Kier molecular flexibility index (Phi) is 5.16. The zero-order valence-corrected chi connectivity index (χ0v) is 14.3. The summed E-state index contributed by atoms with van der Waals surface area (Å²) in [7, 11) is 2.11. The van der Waals surface area contributed by atoms with Gasteiger partial charge in [0.15, 0.2) is 0 Å². The van der Waals surface area contributed by atoms with E-state index in [-0.39, 0.29) is 11.9 Å². The fourth-order valence-corrected chi connectivity index (χ4v) is 3.15. The van der Waals surface area contributed by atoms with Gasteiger partial charge in [0, 0.05) is 25.2 Å². The highest BCUT2D eigenvalue weighted by atomic mass is 16.5. The molecular formula is C20H24N2O2. The Morgan fingerprint density at radius 2 is 1.79 bits per heavy atom. The number of likely N-dealkylation sites (N-methyl/N-ethyl adjacent to an activating group) is 1. The van der Waals surface area contributed by atoms with Gasteiger partial charge in [-0.15, -0.1) is 0 Å². The lowest BCUT2D eigenvalue weighted by Gasteiger charge is -2.40. The van der Waals surface area contributed by atoms with Gasteiger partial charge in [-0.25, -0.2) is 0 Å². The Morgan fingerprint density at radius 1 is 1.08 bits per heavy atom. The Balaban J connectivity index is 1.83. The number of rotatable bonds is 4. The van der Waals surface area contributed by atoms with Crippen molar-refractivity contribution >= 4 is 5.91 Å². The van der Waals surface area contributed by atoms with Gasteiger partial charge in [-0.3, -0.25) is 4.79 Å². The van der Waals surface area contributed by atoms with Crippen molar-refractivity contribution in [2.75, 3.05) is 33.3 Å². The third-order valence-corrected chi connectivity index (χ3v) is 4.44. The minimum atomic E-state index is 0.0833. The average molecular weight is 324 g/mol. The predicted octanol–water partition coefficient (Wildman–Crippen LogP) is 3.21. The van der Waals surface area contributed by atoms with Crippen LogP contribution in [0.3, 0.4) is 0 Å². The molecule has 2 aromatic carbocycles. The van der Waals surface area contributed by atoms with Crippen molar-refractivity contribution in [1.29, 1.82) is 0 Å². The normalized spacial score (nSPS) is 18.4. The summed E-state index contributed by atoms with van der Waals surface area (Å²) in [5.41, 5.74) is 1.90. The van der Waals surface area contributed by atoms with Crippen molar-refractivity contribution in [1.82, 2.24) is 9.80 Å². The van der Waals surface area contributed by atoms with Crippen LogP contribution in [0.4, 0.5) is 0 Å². The summed E-state index contributed by atoms with van der Waals surface area (Å²) in [5.74, 6) is 0.882. The molecule has 4 heteroatoms. The number of hydrogen-bond acceptors (Lipinski definition) is 3. The smallest absolute Gasteiger partial charge is 0.254 e. The molecule has 0 aromatic heterocycles. The standard InChI is InChI=1S/C20H24N2O2/c1-3-24-18-11-9-17(10-12-18)20(23)22-14-13-21(2)15-19(22)16-7-5-4-6-8-16/h4-12,19H,3,13-15H2,1-2H3. The molecule has 126 valence electrons. The molecule has 4 nitrogen and oxygen atoms in total. The van der Waals surface area contributed by atoms with E-state index in [4.69, 9.17) is 4.74 Å². The van der Waals surface area contributed by atoms with Gasteiger partial charge in [0.1, 0.15) is 5.75 Å². The second kappa shape index (κ2) is 7.49. The van der Waals surface area contributed by atoms with Crippen LogP contribution in [0, 0.1) is 0 Å². The minimum absolute atomic E-state index is 0.0833. The molecule has 24 heavy (non-hydrogen) atoms. The first kappa shape index (κ1) is 16.5. The molecule has 0 saturated carbocycles. The SMILES string of the molecule is CCOc1ccc(C(=O)N2CCN(C)CC2c2ccccc2)cc1. The van der Waals surface area contributed by atoms with Crippen LogP contribution >= 0.6 is 0 Å². The second-order valence-corrected chi connectivity index (χ2v) is 6.14. The highest BCUT2D eigenvalue weighted by Gasteiger charge is 2.30. The predicted molar refractivity (Wildman–Crippen MR) is 95.3 cm³/mol. The maximum atomic E-state index is 13.0. The van der Waals surface area contributed by atoms with Gasteiger partial charge >= 0.3 is 0 Å². The Bertz CT molecular complexity index is 670. The highest BCUT2D eigenvalue weighted by molar-refractivity contribution is 5.94. The number of piperazine rings is 1. The maximum absolute atomic E-state index is 13.0. The van der Waals surface area contributed by atoms with Gasteiger partial charge < -0.3 is 14.5 Å². The molecule has 1 aliphatic heterocycles. The Morgan fingerprint density at radius 3 is 2.46 bits per heavy atom. The van der Waals surface area contributed by atoms with Gasteiger partial charge in [0.2, 0.25) is 0 Å². The molecule has 0 radical (unpaired) electrons. The number of hydrogen-bond donors (Lipinski definition) is 0. The van der Waals surface area contributed by atoms with Crippen LogP contribution < -0.4 is 4.74 Å². The van der Waals surface area contributed by atoms with Crippen LogP contribution in [0.15, 0.2) is 54.6 Å². The van der Waals surface area contributed by atoms with E-state index >= 15 is 0 Å². The molecule has 1 fully saturated rings. The van der Waals surface area contributed by atoms with Crippen LogP contribution in [0.25, 0.3) is 0 Å². The molecule has 1 atom stereocenters. The van der Waals surface area contributed by atoms with E-state index in [0.717, 1.165) is 25.4 Å². The molecule has 1 amide bonds. The van der Waals surface area contributed by atoms with Crippen LogP contribution in [-0.2, 0) is 0 Å². The van der Waals surface area contributed by atoms with E-state index in [1.54, 1.807) is 0 Å². The molecule has 0 N–H and O–H groups in total. The zero-order valence-electron chi connectivity index (χ0n) is 14.3. The minimum Gasteiger partial charge on any atom is -0.494 e. The van der Waals surface area contributed by atoms with Gasteiger partial charge in [0.05, 0.1) is 12.6 Å². The first-order chi connectivity index (χ1) is 11.7. The number of nitrogens with zero attached hydrogens (tertiary/aromatic N) is 2. The van der Waals surface area contributed by atoms with E-state index in [1.807, 2.05) is 54.3 Å². The van der Waals surface area contributed by atoms with Crippen LogP contribution in [0.5, 0.6) is 5.75 Å². The molecule has 3 rings (SSSR count). The number of carbonyl (C=O) groups excluding carboxylic acids is 1. The number of benzene rings is 2. The summed E-state index contributed by atoms with van der Waals surface area (Å²) < 4.78 is 5.46.